The predicted molar refractivity (Wildman–Crippen MR) is 132 cm³/mol. The van der Waals surface area contributed by atoms with E-state index in [1.807, 2.05) is 24.4 Å². The standard InChI is InChI=1S/C26H28N4O3S/c27-16-18-4-3-5-20(14-18)26(31)29-21-8-9-25-23(15-21)24(17-28-25)19-10-12-30(13-11-19)34(32,33)22-6-1-2-7-22/h3-5,8-9,14-15,17,19,22,28H,1-2,6-7,10-13H2,(H,29,31). The fourth-order valence-electron chi connectivity index (χ4n) is 5.31. The van der Waals surface area contributed by atoms with Crippen LogP contribution in [0.2, 0.25) is 0 Å². The lowest BCUT2D eigenvalue weighted by Crippen LogP contribution is -2.42. The van der Waals surface area contributed by atoms with E-state index in [-0.39, 0.29) is 17.1 Å². The van der Waals surface area contributed by atoms with E-state index in [2.05, 4.69) is 16.4 Å². The molecule has 0 atom stereocenters. The van der Waals surface area contributed by atoms with E-state index in [1.165, 1.54) is 0 Å². The van der Waals surface area contributed by atoms with Crippen LogP contribution in [0.1, 0.15) is 65.9 Å². The summed E-state index contributed by atoms with van der Waals surface area (Å²) >= 11 is 0. The van der Waals surface area contributed by atoms with Crippen molar-refractivity contribution >= 4 is 32.5 Å². The quantitative estimate of drug-likeness (QED) is 0.554. The van der Waals surface area contributed by atoms with Crippen LogP contribution in [-0.4, -0.2) is 42.0 Å². The molecule has 1 amide bonds. The number of H-pyrrole nitrogens is 1. The second-order valence-electron chi connectivity index (χ2n) is 9.28. The second-order valence-corrected chi connectivity index (χ2v) is 11.5. The van der Waals surface area contributed by atoms with Gasteiger partial charge < -0.3 is 10.3 Å². The topological polar surface area (TPSA) is 106 Å². The molecule has 8 heteroatoms. The van der Waals surface area contributed by atoms with Crippen molar-refractivity contribution in [1.82, 2.24) is 9.29 Å². The van der Waals surface area contributed by atoms with Crippen LogP contribution in [0.25, 0.3) is 10.9 Å². The second kappa shape index (κ2) is 9.24. The number of nitrogens with zero attached hydrogens (tertiary/aromatic N) is 2. The zero-order chi connectivity index (χ0) is 23.7. The summed E-state index contributed by atoms with van der Waals surface area (Å²) in [5, 5.41) is 12.9. The molecule has 0 unspecified atom stereocenters. The summed E-state index contributed by atoms with van der Waals surface area (Å²) in [7, 11) is -3.19. The Kier molecular flexibility index (Phi) is 6.15. The minimum absolute atomic E-state index is 0.197. The van der Waals surface area contributed by atoms with Gasteiger partial charge in [0.2, 0.25) is 10.0 Å². The Morgan fingerprint density at radius 3 is 2.56 bits per heavy atom. The number of carbonyl (C=O) groups excluding carboxylic acids is 1. The molecule has 1 aliphatic heterocycles. The van der Waals surface area contributed by atoms with Crippen molar-refractivity contribution in [1.29, 1.82) is 5.26 Å². The van der Waals surface area contributed by atoms with Crippen LogP contribution in [-0.2, 0) is 10.0 Å². The summed E-state index contributed by atoms with van der Waals surface area (Å²) in [5.41, 5.74) is 3.71. The number of sulfonamides is 1. The molecular formula is C26H28N4O3S. The van der Waals surface area contributed by atoms with E-state index in [1.54, 1.807) is 28.6 Å². The highest BCUT2D eigenvalue weighted by molar-refractivity contribution is 7.89. The highest BCUT2D eigenvalue weighted by Gasteiger charge is 2.36. The van der Waals surface area contributed by atoms with E-state index in [0.717, 1.165) is 55.0 Å². The lowest BCUT2D eigenvalue weighted by Gasteiger charge is -2.33. The van der Waals surface area contributed by atoms with Crippen molar-refractivity contribution in [3.05, 3.63) is 65.4 Å². The Labute approximate surface area is 199 Å². The molecular weight excluding hydrogens is 448 g/mol. The van der Waals surface area contributed by atoms with Crippen LogP contribution in [0.5, 0.6) is 0 Å². The first-order chi connectivity index (χ1) is 16.5. The van der Waals surface area contributed by atoms with E-state index < -0.39 is 10.0 Å². The van der Waals surface area contributed by atoms with Crippen LogP contribution >= 0.6 is 0 Å². The summed E-state index contributed by atoms with van der Waals surface area (Å²) < 4.78 is 27.6. The van der Waals surface area contributed by atoms with Gasteiger partial charge in [0.15, 0.2) is 0 Å². The Morgan fingerprint density at radius 2 is 1.82 bits per heavy atom. The van der Waals surface area contributed by atoms with E-state index >= 15 is 0 Å². The fourth-order valence-corrected chi connectivity index (χ4v) is 7.38. The zero-order valence-corrected chi connectivity index (χ0v) is 19.8. The number of carbonyl (C=O) groups is 1. The van der Waals surface area contributed by atoms with Crippen LogP contribution in [0.4, 0.5) is 5.69 Å². The van der Waals surface area contributed by atoms with Gasteiger partial charge in [-0.05, 0) is 73.6 Å². The van der Waals surface area contributed by atoms with Gasteiger partial charge in [-0.15, -0.1) is 0 Å². The van der Waals surface area contributed by atoms with Crippen LogP contribution < -0.4 is 5.32 Å². The number of aromatic nitrogens is 1. The zero-order valence-electron chi connectivity index (χ0n) is 19.0. The van der Waals surface area contributed by atoms with Gasteiger partial charge in [-0.25, -0.2) is 12.7 Å². The molecule has 7 nitrogen and oxygen atoms in total. The maximum absolute atomic E-state index is 13.0. The number of benzene rings is 2. The number of hydrogen-bond acceptors (Lipinski definition) is 4. The van der Waals surface area contributed by atoms with Gasteiger partial charge in [0.05, 0.1) is 16.9 Å². The van der Waals surface area contributed by atoms with Gasteiger partial charge in [-0.1, -0.05) is 18.9 Å². The lowest BCUT2D eigenvalue weighted by molar-refractivity contribution is 0.102. The molecule has 1 aliphatic carbocycles. The molecule has 2 heterocycles. The normalized spacial score (nSPS) is 18.2. The molecule has 2 aliphatic rings. The molecule has 5 rings (SSSR count). The number of nitrogens with one attached hydrogen (secondary N) is 2. The lowest BCUT2D eigenvalue weighted by atomic mass is 9.90. The molecule has 34 heavy (non-hydrogen) atoms. The van der Waals surface area contributed by atoms with Gasteiger partial charge in [0.25, 0.3) is 5.91 Å². The minimum Gasteiger partial charge on any atom is -0.361 e. The van der Waals surface area contributed by atoms with Crippen LogP contribution in [0, 0.1) is 11.3 Å². The average molecular weight is 477 g/mol. The van der Waals surface area contributed by atoms with E-state index in [0.29, 0.717) is 29.9 Å². The molecule has 1 saturated carbocycles. The summed E-state index contributed by atoms with van der Waals surface area (Å²) in [6, 6.07) is 14.4. The first-order valence-electron chi connectivity index (χ1n) is 11.9. The van der Waals surface area contributed by atoms with Crippen molar-refractivity contribution in [3.8, 4) is 6.07 Å². The molecule has 2 fully saturated rings. The number of rotatable bonds is 5. The van der Waals surface area contributed by atoms with E-state index in [9.17, 15) is 13.2 Å². The number of amides is 1. The number of nitriles is 1. The molecule has 2 N–H and O–H groups in total. The molecule has 1 saturated heterocycles. The minimum atomic E-state index is -3.19. The van der Waals surface area contributed by atoms with Crippen molar-refractivity contribution in [2.24, 2.45) is 0 Å². The van der Waals surface area contributed by atoms with Gasteiger partial charge in [-0.3, -0.25) is 4.79 Å². The maximum atomic E-state index is 13.0. The van der Waals surface area contributed by atoms with Crippen LogP contribution in [0.3, 0.4) is 0 Å². The maximum Gasteiger partial charge on any atom is 0.255 e. The summed E-state index contributed by atoms with van der Waals surface area (Å²) in [4.78, 5) is 16.0. The highest BCUT2D eigenvalue weighted by Crippen LogP contribution is 2.36. The smallest absolute Gasteiger partial charge is 0.255 e. The van der Waals surface area contributed by atoms with E-state index in [4.69, 9.17) is 5.26 Å². The Morgan fingerprint density at radius 1 is 1.06 bits per heavy atom. The van der Waals surface area contributed by atoms with Crippen LogP contribution in [0.15, 0.2) is 48.7 Å². The molecule has 176 valence electrons. The van der Waals surface area contributed by atoms with Gasteiger partial charge in [0.1, 0.15) is 0 Å². The molecule has 0 bridgehead atoms. The molecule has 0 spiro atoms. The number of aromatic amines is 1. The SMILES string of the molecule is N#Cc1cccc(C(=O)Nc2ccc3[nH]cc(C4CCN(S(=O)(=O)C5CCCC5)CC4)c3c2)c1. The Hall–Kier alpha value is -3.15. The third kappa shape index (κ3) is 4.33. The summed E-state index contributed by atoms with van der Waals surface area (Å²) in [6.07, 6.45) is 7.20. The highest BCUT2D eigenvalue weighted by atomic mass is 32.2. The summed E-state index contributed by atoms with van der Waals surface area (Å²) in [6.45, 7) is 1.11. The molecule has 1 aromatic heterocycles. The number of piperidine rings is 1. The van der Waals surface area contributed by atoms with Crippen molar-refractivity contribution in [2.45, 2.75) is 49.7 Å². The molecule has 2 aromatic carbocycles. The van der Waals surface area contributed by atoms with Crippen molar-refractivity contribution in [2.75, 3.05) is 18.4 Å². The first kappa shape index (κ1) is 22.6. The molecule has 3 aromatic rings. The number of hydrogen-bond donors (Lipinski definition) is 2. The van der Waals surface area contributed by atoms with Crippen molar-refractivity contribution in [3.63, 3.8) is 0 Å². The first-order valence-corrected chi connectivity index (χ1v) is 13.4. The average Bonchev–Trinajstić information content (AvgIpc) is 3.55. The van der Waals surface area contributed by atoms with Gasteiger partial charge >= 0.3 is 0 Å². The Bertz CT molecular complexity index is 1360. The number of anilines is 1. The van der Waals surface area contributed by atoms with Crippen molar-refractivity contribution < 1.29 is 13.2 Å². The number of fused-ring (bicyclic) bond motifs is 1. The third-order valence-electron chi connectivity index (χ3n) is 7.20. The van der Waals surface area contributed by atoms with Gasteiger partial charge in [-0.2, -0.15) is 5.26 Å². The van der Waals surface area contributed by atoms with Gasteiger partial charge in [0, 0.05) is 41.4 Å². The third-order valence-corrected chi connectivity index (χ3v) is 9.60. The summed E-state index contributed by atoms with van der Waals surface area (Å²) in [5.74, 6) is 0.000929. The Balaban J connectivity index is 1.31. The predicted octanol–water partition coefficient (Wildman–Crippen LogP) is 4.74. The fraction of sp³-hybridized carbons (Fsp3) is 0.385. The molecule has 0 radical (unpaired) electrons. The monoisotopic (exact) mass is 476 g/mol. The largest absolute Gasteiger partial charge is 0.361 e.